The Morgan fingerprint density at radius 1 is 0.290 bits per heavy atom. The summed E-state index contributed by atoms with van der Waals surface area (Å²) in [6.45, 7) is 6.66. The van der Waals surface area contributed by atoms with Crippen LogP contribution in [0.15, 0.2) is 36.5 Å². The number of carbonyl (C=O) groups is 3. The topological polar surface area (TPSA) is 78.9 Å². The minimum absolute atomic E-state index is 0.0671. The maximum atomic E-state index is 12.8. The molecular weight excluding hydrogens is 853 g/mol. The first-order valence-electron chi connectivity index (χ1n) is 30.5. The molecule has 0 aromatic heterocycles. The molecule has 0 amide bonds. The summed E-state index contributed by atoms with van der Waals surface area (Å²) in [4.78, 5) is 38.1. The normalized spacial score (nSPS) is 12.2. The van der Waals surface area contributed by atoms with Gasteiger partial charge in [0.05, 0.1) is 0 Å². The van der Waals surface area contributed by atoms with Gasteiger partial charge >= 0.3 is 17.9 Å². The van der Waals surface area contributed by atoms with E-state index < -0.39 is 6.10 Å². The predicted molar refractivity (Wildman–Crippen MR) is 298 cm³/mol. The van der Waals surface area contributed by atoms with Gasteiger partial charge < -0.3 is 14.2 Å². The molecule has 6 heteroatoms. The highest BCUT2D eigenvalue weighted by atomic mass is 16.6. The smallest absolute Gasteiger partial charge is 0.306 e. The lowest BCUT2D eigenvalue weighted by Crippen LogP contribution is -2.30. The van der Waals surface area contributed by atoms with Crippen LogP contribution >= 0.6 is 0 Å². The SMILES string of the molecule is CCCCCCC/C=C\C/C=C\C/C=C\CCCCCCCCCCCCCCC(=O)OCC(COC(=O)CCCCCCCCCCCCC)OC(=O)CCCCCCCCCCCCCCC. The van der Waals surface area contributed by atoms with Crippen LogP contribution in [0.1, 0.15) is 329 Å². The lowest BCUT2D eigenvalue weighted by Gasteiger charge is -2.18. The predicted octanol–water partition coefficient (Wildman–Crippen LogP) is 20.4. The molecule has 0 aromatic carbocycles. The maximum absolute atomic E-state index is 12.8. The van der Waals surface area contributed by atoms with Gasteiger partial charge in [-0.3, -0.25) is 14.4 Å². The van der Waals surface area contributed by atoms with Gasteiger partial charge in [0.25, 0.3) is 0 Å². The van der Waals surface area contributed by atoms with Crippen LogP contribution in [0, 0.1) is 0 Å². The second kappa shape index (κ2) is 58.2. The van der Waals surface area contributed by atoms with Crippen molar-refractivity contribution in [2.24, 2.45) is 0 Å². The summed E-state index contributed by atoms with van der Waals surface area (Å²) in [6.07, 6.45) is 70.1. The first kappa shape index (κ1) is 66.6. The van der Waals surface area contributed by atoms with E-state index in [1.807, 2.05) is 0 Å². The van der Waals surface area contributed by atoms with Crippen LogP contribution in [0.4, 0.5) is 0 Å². The average Bonchev–Trinajstić information content (AvgIpc) is 3.35. The number of hydrogen-bond donors (Lipinski definition) is 0. The van der Waals surface area contributed by atoms with E-state index in [4.69, 9.17) is 14.2 Å². The van der Waals surface area contributed by atoms with E-state index in [0.717, 1.165) is 70.6 Å². The molecule has 0 spiro atoms. The summed E-state index contributed by atoms with van der Waals surface area (Å²) in [5.41, 5.74) is 0. The van der Waals surface area contributed by atoms with Gasteiger partial charge in [0.2, 0.25) is 0 Å². The average molecular weight is 970 g/mol. The third-order valence-electron chi connectivity index (χ3n) is 13.6. The van der Waals surface area contributed by atoms with Crippen LogP contribution in [0.5, 0.6) is 0 Å². The summed E-state index contributed by atoms with van der Waals surface area (Å²) >= 11 is 0. The van der Waals surface area contributed by atoms with E-state index in [0.29, 0.717) is 19.3 Å². The number of hydrogen-bond acceptors (Lipinski definition) is 6. The van der Waals surface area contributed by atoms with Gasteiger partial charge in [0.15, 0.2) is 6.10 Å². The highest BCUT2D eigenvalue weighted by Gasteiger charge is 2.19. The monoisotopic (exact) mass is 969 g/mol. The molecule has 0 rings (SSSR count). The Bertz CT molecular complexity index is 1160. The molecule has 6 nitrogen and oxygen atoms in total. The Hall–Kier alpha value is -2.37. The molecule has 0 N–H and O–H groups in total. The maximum Gasteiger partial charge on any atom is 0.306 e. The van der Waals surface area contributed by atoms with Crippen molar-refractivity contribution in [3.63, 3.8) is 0 Å². The van der Waals surface area contributed by atoms with Crippen LogP contribution < -0.4 is 0 Å². The Morgan fingerprint density at radius 2 is 0.522 bits per heavy atom. The molecular formula is C63H116O6. The van der Waals surface area contributed by atoms with Crippen LogP contribution in [0.25, 0.3) is 0 Å². The molecule has 1 atom stereocenters. The summed E-state index contributed by atoms with van der Waals surface area (Å²) in [6, 6.07) is 0. The fourth-order valence-corrected chi connectivity index (χ4v) is 9.04. The highest BCUT2D eigenvalue weighted by Crippen LogP contribution is 2.17. The quantitative estimate of drug-likeness (QED) is 0.0261. The zero-order valence-electron chi connectivity index (χ0n) is 46.3. The van der Waals surface area contributed by atoms with Crippen molar-refractivity contribution in [2.75, 3.05) is 13.2 Å². The second-order valence-electron chi connectivity index (χ2n) is 20.6. The third-order valence-corrected chi connectivity index (χ3v) is 13.6. The minimum Gasteiger partial charge on any atom is -0.462 e. The van der Waals surface area contributed by atoms with E-state index in [9.17, 15) is 14.4 Å². The largest absolute Gasteiger partial charge is 0.462 e. The number of allylic oxidation sites excluding steroid dienone is 6. The molecule has 0 radical (unpaired) electrons. The van der Waals surface area contributed by atoms with Crippen molar-refractivity contribution in [3.05, 3.63) is 36.5 Å². The van der Waals surface area contributed by atoms with Crippen molar-refractivity contribution in [1.82, 2.24) is 0 Å². The zero-order valence-corrected chi connectivity index (χ0v) is 46.3. The van der Waals surface area contributed by atoms with Gasteiger partial charge in [-0.05, 0) is 57.8 Å². The molecule has 69 heavy (non-hydrogen) atoms. The zero-order chi connectivity index (χ0) is 50.0. The number of esters is 3. The molecule has 0 saturated heterocycles. The Morgan fingerprint density at radius 3 is 0.812 bits per heavy atom. The summed E-state index contributed by atoms with van der Waals surface area (Å²) < 4.78 is 16.9. The number of carbonyl (C=O) groups excluding carboxylic acids is 3. The number of ether oxygens (including phenoxy) is 3. The van der Waals surface area contributed by atoms with E-state index in [-0.39, 0.29) is 31.1 Å². The van der Waals surface area contributed by atoms with Gasteiger partial charge in [0, 0.05) is 19.3 Å². The highest BCUT2D eigenvalue weighted by molar-refractivity contribution is 5.71. The molecule has 0 aliphatic rings. The van der Waals surface area contributed by atoms with Crippen molar-refractivity contribution < 1.29 is 28.6 Å². The van der Waals surface area contributed by atoms with E-state index in [2.05, 4.69) is 57.2 Å². The Kier molecular flexibility index (Phi) is 56.2. The first-order valence-corrected chi connectivity index (χ1v) is 30.5. The van der Waals surface area contributed by atoms with Gasteiger partial charge in [-0.1, -0.05) is 288 Å². The van der Waals surface area contributed by atoms with Crippen molar-refractivity contribution in [2.45, 2.75) is 335 Å². The van der Waals surface area contributed by atoms with Crippen LogP contribution in [0.2, 0.25) is 0 Å². The van der Waals surface area contributed by atoms with Crippen LogP contribution in [-0.2, 0) is 28.6 Å². The van der Waals surface area contributed by atoms with E-state index in [1.54, 1.807) is 0 Å². The van der Waals surface area contributed by atoms with Crippen molar-refractivity contribution >= 4 is 17.9 Å². The molecule has 404 valence electrons. The van der Waals surface area contributed by atoms with Crippen LogP contribution in [-0.4, -0.2) is 37.2 Å². The Balaban J connectivity index is 4.16. The van der Waals surface area contributed by atoms with Gasteiger partial charge in [0.1, 0.15) is 13.2 Å². The lowest BCUT2D eigenvalue weighted by atomic mass is 10.0. The molecule has 0 aliphatic heterocycles. The summed E-state index contributed by atoms with van der Waals surface area (Å²) in [5.74, 6) is -0.851. The molecule has 0 fully saturated rings. The van der Waals surface area contributed by atoms with E-state index in [1.165, 1.54) is 218 Å². The second-order valence-corrected chi connectivity index (χ2v) is 20.6. The number of unbranched alkanes of at least 4 members (excludes halogenated alkanes) is 39. The molecule has 0 aromatic rings. The molecule has 0 saturated carbocycles. The summed E-state index contributed by atoms with van der Waals surface area (Å²) in [5, 5.41) is 0. The third kappa shape index (κ3) is 56.4. The van der Waals surface area contributed by atoms with Crippen molar-refractivity contribution in [3.8, 4) is 0 Å². The molecule has 0 heterocycles. The van der Waals surface area contributed by atoms with Crippen LogP contribution in [0.3, 0.4) is 0 Å². The molecule has 1 unspecified atom stereocenters. The summed E-state index contributed by atoms with van der Waals surface area (Å²) in [7, 11) is 0. The van der Waals surface area contributed by atoms with Gasteiger partial charge in [-0.2, -0.15) is 0 Å². The fraction of sp³-hybridized carbons (Fsp3) is 0.857. The lowest BCUT2D eigenvalue weighted by molar-refractivity contribution is -0.167. The fourth-order valence-electron chi connectivity index (χ4n) is 9.04. The molecule has 0 aliphatic carbocycles. The van der Waals surface area contributed by atoms with E-state index >= 15 is 0 Å². The number of rotatable bonds is 56. The van der Waals surface area contributed by atoms with Crippen molar-refractivity contribution in [1.29, 1.82) is 0 Å². The first-order chi connectivity index (χ1) is 34.0. The minimum atomic E-state index is -0.767. The van der Waals surface area contributed by atoms with Gasteiger partial charge in [-0.25, -0.2) is 0 Å². The Labute approximate surface area is 429 Å². The van der Waals surface area contributed by atoms with Gasteiger partial charge in [-0.15, -0.1) is 0 Å². The molecule has 0 bridgehead atoms. The standard InChI is InChI=1S/C63H116O6/c1-4-7-10-13-16-19-22-24-25-26-27-28-29-30-31-32-33-34-35-36-37-39-41-44-47-50-53-56-62(65)68-59-60(58-67-61(64)55-52-49-46-43-40-21-18-15-12-9-6-3)69-63(66)57-54-51-48-45-42-38-23-20-17-14-11-8-5-2/h22,24,26-27,29-30,60H,4-21,23,25,28,31-59H2,1-3H3/b24-22-,27-26-,30-29-.